The molecule has 0 saturated heterocycles. The first-order valence-corrected chi connectivity index (χ1v) is 16.1. The molecule has 45 heavy (non-hydrogen) atoms. The largest absolute Gasteiger partial charge is 0.493 e. The van der Waals surface area contributed by atoms with Gasteiger partial charge in [-0.3, -0.25) is 14.4 Å². The van der Waals surface area contributed by atoms with E-state index < -0.39 is 12.1 Å². The van der Waals surface area contributed by atoms with Gasteiger partial charge in [0.25, 0.3) is 0 Å². The highest BCUT2D eigenvalue weighted by atomic mass is 32.2. The van der Waals surface area contributed by atoms with Crippen LogP contribution in [0.3, 0.4) is 0 Å². The molecule has 1 heterocycles. The Bertz CT molecular complexity index is 1790. The normalized spacial score (nSPS) is 14.4. The number of methoxy groups -OCH3 is 3. The van der Waals surface area contributed by atoms with Crippen molar-refractivity contribution in [2.75, 3.05) is 44.0 Å². The molecule has 0 saturated carbocycles. The molecule has 236 valence electrons. The van der Waals surface area contributed by atoms with Crippen LogP contribution in [0.2, 0.25) is 0 Å². The van der Waals surface area contributed by atoms with Crippen LogP contribution in [0.1, 0.15) is 36.9 Å². The Morgan fingerprint density at radius 3 is 2.53 bits per heavy atom. The molecule has 0 spiro atoms. The van der Waals surface area contributed by atoms with Crippen molar-refractivity contribution in [1.82, 2.24) is 10.3 Å². The van der Waals surface area contributed by atoms with Gasteiger partial charge < -0.3 is 35.1 Å². The fraction of sp³-hybridized carbons (Fsp3) is 0.324. The van der Waals surface area contributed by atoms with Crippen molar-refractivity contribution in [3.8, 4) is 28.4 Å². The summed E-state index contributed by atoms with van der Waals surface area (Å²) in [5.74, 6) is 1.69. The van der Waals surface area contributed by atoms with Crippen molar-refractivity contribution >= 4 is 45.9 Å². The van der Waals surface area contributed by atoms with Gasteiger partial charge in [0, 0.05) is 35.3 Å². The van der Waals surface area contributed by atoms with Gasteiger partial charge >= 0.3 is 0 Å². The number of hydrogen-bond donors (Lipinski definition) is 4. The smallest absolute Gasteiger partial charge is 0.246 e. The zero-order valence-corrected chi connectivity index (χ0v) is 26.9. The average molecular weight is 631 g/mol. The zero-order chi connectivity index (χ0) is 32.1. The summed E-state index contributed by atoms with van der Waals surface area (Å²) in [6.07, 6.45) is 5.47. The summed E-state index contributed by atoms with van der Waals surface area (Å²) in [7, 11) is 4.67. The molecule has 0 bridgehead atoms. The molecule has 0 fully saturated rings. The Labute approximate surface area is 266 Å². The minimum absolute atomic E-state index is 0.206. The summed E-state index contributed by atoms with van der Waals surface area (Å²) in [5, 5.41) is 10.2. The molecule has 11 heteroatoms. The third-order valence-electron chi connectivity index (χ3n) is 7.99. The van der Waals surface area contributed by atoms with Crippen molar-refractivity contribution in [3.05, 3.63) is 76.1 Å². The van der Waals surface area contributed by atoms with Gasteiger partial charge in [-0.15, -0.1) is 0 Å². The second-order valence-electron chi connectivity index (χ2n) is 10.8. The van der Waals surface area contributed by atoms with E-state index in [4.69, 9.17) is 14.2 Å². The quantitative estimate of drug-likeness (QED) is 0.171. The number of hydrogen-bond acceptors (Lipinski definition) is 8. The summed E-state index contributed by atoms with van der Waals surface area (Å²) in [6.45, 7) is 1.46. The number of aryl methyl sites for hydroxylation is 1. The van der Waals surface area contributed by atoms with Crippen LogP contribution >= 0.6 is 11.8 Å². The van der Waals surface area contributed by atoms with E-state index in [0.717, 1.165) is 22.0 Å². The van der Waals surface area contributed by atoms with Crippen LogP contribution in [0.25, 0.3) is 22.0 Å². The van der Waals surface area contributed by atoms with Gasteiger partial charge in [-0.2, -0.15) is 11.8 Å². The number of anilines is 2. The topological polar surface area (TPSA) is 131 Å². The molecule has 4 N–H and O–H groups in total. The minimum Gasteiger partial charge on any atom is -0.493 e. The molecule has 2 atom stereocenters. The Kier molecular flexibility index (Phi) is 9.87. The van der Waals surface area contributed by atoms with Crippen LogP contribution in [0.5, 0.6) is 17.2 Å². The predicted octanol–water partition coefficient (Wildman–Crippen LogP) is 5.52. The van der Waals surface area contributed by atoms with Crippen LogP contribution in [0.4, 0.5) is 11.4 Å². The molecule has 2 amide bonds. The molecule has 4 aromatic rings. The number of thioether (sulfide) groups is 1. The number of aromatic nitrogens is 1. The monoisotopic (exact) mass is 630 g/mol. The Balaban J connectivity index is 1.58. The van der Waals surface area contributed by atoms with Gasteiger partial charge in [0.1, 0.15) is 6.04 Å². The predicted molar refractivity (Wildman–Crippen MR) is 180 cm³/mol. The fourth-order valence-electron chi connectivity index (χ4n) is 5.88. The fourth-order valence-corrected chi connectivity index (χ4v) is 6.35. The SMILES string of the molecule is COc1cc2c(c(OC)c1OC)-c1ccc(NC(CCSC)C(=O)Nc3ccc4[nH]ccc4c3)c(=O)cc1C(NC(C)=O)CC2. The second-order valence-corrected chi connectivity index (χ2v) is 11.8. The van der Waals surface area contributed by atoms with Crippen molar-refractivity contribution in [3.63, 3.8) is 0 Å². The number of nitrogens with one attached hydrogen (secondary N) is 4. The number of amides is 2. The number of ether oxygens (including phenoxy) is 3. The molecule has 3 aromatic carbocycles. The molecule has 10 nitrogen and oxygen atoms in total. The number of H-pyrrole nitrogens is 1. The van der Waals surface area contributed by atoms with E-state index in [1.807, 2.05) is 48.9 Å². The maximum absolute atomic E-state index is 13.8. The van der Waals surface area contributed by atoms with Crippen LogP contribution in [0, 0.1) is 0 Å². The Morgan fingerprint density at radius 1 is 1.02 bits per heavy atom. The summed E-state index contributed by atoms with van der Waals surface area (Å²) in [5.41, 5.74) is 4.68. The molecular formula is C34H38N4O6S. The lowest BCUT2D eigenvalue weighted by molar-refractivity contribution is -0.120. The number of aromatic amines is 1. The van der Waals surface area contributed by atoms with E-state index in [2.05, 4.69) is 20.9 Å². The van der Waals surface area contributed by atoms with Gasteiger partial charge in [-0.05, 0) is 90.4 Å². The second kappa shape index (κ2) is 14.0. The van der Waals surface area contributed by atoms with Gasteiger partial charge in [0.2, 0.25) is 23.0 Å². The van der Waals surface area contributed by atoms with Crippen LogP contribution < -0.4 is 35.6 Å². The highest BCUT2D eigenvalue weighted by Crippen LogP contribution is 2.50. The van der Waals surface area contributed by atoms with E-state index in [1.54, 1.807) is 45.2 Å². The molecule has 5 rings (SSSR count). The number of carbonyl (C=O) groups is 2. The molecule has 0 aliphatic heterocycles. The van der Waals surface area contributed by atoms with E-state index >= 15 is 0 Å². The molecule has 1 aliphatic rings. The number of carbonyl (C=O) groups excluding carboxylic acids is 2. The van der Waals surface area contributed by atoms with E-state index in [9.17, 15) is 14.4 Å². The van der Waals surface area contributed by atoms with E-state index in [1.165, 1.54) is 6.92 Å². The number of rotatable bonds is 11. The standard InChI is InChI=1S/C34H38N4O6S/c1-19(39)36-26-9-6-21-17-30(42-2)32(43-3)33(44-4)31(21)23-8-11-27(29(40)18-24(23)26)38-28(13-15-45-5)34(41)37-22-7-10-25-20(16-22)12-14-35-25/h7-8,10-12,14,16-18,26,28,35H,6,9,13,15H2,1-5H3,(H,36,39)(H,37,41)(H,38,40). The van der Waals surface area contributed by atoms with Crippen molar-refractivity contribution in [2.45, 2.75) is 38.3 Å². The Hall–Kier alpha value is -4.64. The van der Waals surface area contributed by atoms with Crippen LogP contribution in [0.15, 0.2) is 59.5 Å². The van der Waals surface area contributed by atoms with Gasteiger partial charge in [0.05, 0.1) is 33.1 Å². The molecular weight excluding hydrogens is 592 g/mol. The summed E-state index contributed by atoms with van der Waals surface area (Å²) in [4.78, 5) is 42.8. The van der Waals surface area contributed by atoms with Gasteiger partial charge in [-0.25, -0.2) is 0 Å². The van der Waals surface area contributed by atoms with Crippen molar-refractivity contribution in [2.24, 2.45) is 0 Å². The number of benzene rings is 2. The highest BCUT2D eigenvalue weighted by molar-refractivity contribution is 7.98. The third-order valence-corrected chi connectivity index (χ3v) is 8.64. The van der Waals surface area contributed by atoms with E-state index in [-0.39, 0.29) is 22.9 Å². The Morgan fingerprint density at radius 2 is 1.82 bits per heavy atom. The first kappa shape index (κ1) is 31.8. The maximum atomic E-state index is 13.8. The molecule has 0 radical (unpaired) electrons. The highest BCUT2D eigenvalue weighted by Gasteiger charge is 2.30. The minimum atomic E-state index is -0.674. The zero-order valence-electron chi connectivity index (χ0n) is 26.0. The van der Waals surface area contributed by atoms with Gasteiger partial charge in [-0.1, -0.05) is 6.07 Å². The maximum Gasteiger partial charge on any atom is 0.246 e. The summed E-state index contributed by atoms with van der Waals surface area (Å²) < 4.78 is 17.2. The lowest BCUT2D eigenvalue weighted by Gasteiger charge is -2.19. The van der Waals surface area contributed by atoms with Crippen LogP contribution in [-0.4, -0.2) is 56.2 Å². The number of fused-ring (bicyclic) bond motifs is 4. The third kappa shape index (κ3) is 6.73. The van der Waals surface area contributed by atoms with Gasteiger partial charge in [0.15, 0.2) is 11.5 Å². The molecule has 1 aliphatic carbocycles. The molecule has 1 aromatic heterocycles. The first-order chi connectivity index (χ1) is 21.8. The first-order valence-electron chi connectivity index (χ1n) is 14.7. The van der Waals surface area contributed by atoms with Crippen LogP contribution in [-0.2, 0) is 16.0 Å². The molecule has 2 unspecified atom stereocenters. The van der Waals surface area contributed by atoms with Crippen molar-refractivity contribution < 1.29 is 23.8 Å². The average Bonchev–Trinajstić information content (AvgIpc) is 3.38. The van der Waals surface area contributed by atoms with E-state index in [0.29, 0.717) is 59.1 Å². The lowest BCUT2D eigenvalue weighted by Crippen LogP contribution is -2.36. The van der Waals surface area contributed by atoms with Crippen molar-refractivity contribution in [1.29, 1.82) is 0 Å². The lowest BCUT2D eigenvalue weighted by atomic mass is 9.95. The summed E-state index contributed by atoms with van der Waals surface area (Å²) >= 11 is 1.62. The summed E-state index contributed by atoms with van der Waals surface area (Å²) in [6, 6.07) is 13.5.